The van der Waals surface area contributed by atoms with Crippen LogP contribution in [-0.4, -0.2) is 4.98 Å². The molecule has 3 rings (SSSR count). The van der Waals surface area contributed by atoms with E-state index in [0.29, 0.717) is 0 Å². The molecule has 0 aliphatic carbocycles. The first-order valence-corrected chi connectivity index (χ1v) is 6.01. The van der Waals surface area contributed by atoms with E-state index in [9.17, 15) is 0 Å². The molecule has 88 valence electrons. The lowest BCUT2D eigenvalue weighted by Crippen LogP contribution is -1.87. The number of nitrogens with zero attached hydrogens (tertiary/aromatic N) is 1. The quantitative estimate of drug-likeness (QED) is 0.663. The summed E-state index contributed by atoms with van der Waals surface area (Å²) >= 11 is 6.00. The third-order valence-electron chi connectivity index (χ3n) is 2.86. The Morgan fingerprint density at radius 3 is 2.67 bits per heavy atom. The molecule has 3 aromatic rings. The molecular formula is C15H11ClN2. The van der Waals surface area contributed by atoms with Crippen molar-refractivity contribution in [2.45, 2.75) is 0 Å². The topological polar surface area (TPSA) is 38.9 Å². The van der Waals surface area contributed by atoms with Gasteiger partial charge in [0.15, 0.2) is 0 Å². The number of rotatable bonds is 1. The summed E-state index contributed by atoms with van der Waals surface area (Å²) in [5, 5.41) is 1.76. The predicted octanol–water partition coefficient (Wildman–Crippen LogP) is 4.14. The van der Waals surface area contributed by atoms with Crippen molar-refractivity contribution >= 4 is 28.2 Å². The van der Waals surface area contributed by atoms with Gasteiger partial charge in [0.25, 0.3) is 0 Å². The van der Waals surface area contributed by atoms with E-state index >= 15 is 0 Å². The summed E-state index contributed by atoms with van der Waals surface area (Å²) in [6, 6.07) is 15.5. The average Bonchev–Trinajstić information content (AvgIpc) is 2.38. The maximum absolute atomic E-state index is 6.00. The lowest BCUT2D eigenvalue weighted by Gasteiger charge is -2.04. The lowest BCUT2D eigenvalue weighted by molar-refractivity contribution is 1.41. The van der Waals surface area contributed by atoms with Crippen molar-refractivity contribution in [2.75, 3.05) is 5.73 Å². The molecule has 0 saturated heterocycles. The van der Waals surface area contributed by atoms with Gasteiger partial charge in [-0.2, -0.15) is 0 Å². The maximum atomic E-state index is 6.00. The Kier molecular flexibility index (Phi) is 2.65. The summed E-state index contributed by atoms with van der Waals surface area (Å²) in [6.07, 6.45) is 1.85. The predicted molar refractivity (Wildman–Crippen MR) is 76.6 cm³/mol. The number of pyridine rings is 1. The summed E-state index contributed by atoms with van der Waals surface area (Å²) in [5.74, 6) is 0. The number of aromatic nitrogens is 1. The second-order valence-corrected chi connectivity index (χ2v) is 4.62. The first-order valence-electron chi connectivity index (χ1n) is 5.63. The number of nitrogens with two attached hydrogens (primary N) is 1. The minimum absolute atomic E-state index is 0.722. The Bertz CT molecular complexity index is 723. The van der Waals surface area contributed by atoms with Gasteiger partial charge < -0.3 is 5.73 Å². The van der Waals surface area contributed by atoms with Crippen LogP contribution in [-0.2, 0) is 0 Å². The average molecular weight is 255 g/mol. The van der Waals surface area contributed by atoms with Crippen LogP contribution in [0.2, 0.25) is 5.02 Å². The van der Waals surface area contributed by atoms with Crippen LogP contribution in [0.1, 0.15) is 0 Å². The first-order chi connectivity index (χ1) is 8.72. The highest BCUT2D eigenvalue weighted by atomic mass is 35.5. The summed E-state index contributed by atoms with van der Waals surface area (Å²) in [4.78, 5) is 4.43. The van der Waals surface area contributed by atoms with E-state index in [1.54, 1.807) is 0 Å². The second kappa shape index (κ2) is 4.31. The third kappa shape index (κ3) is 2.03. The maximum Gasteiger partial charge on any atom is 0.0703 e. The molecule has 0 unspecified atom stereocenters. The Balaban J connectivity index is 2.18. The van der Waals surface area contributed by atoms with Crippen LogP contribution in [0.4, 0.5) is 5.69 Å². The van der Waals surface area contributed by atoms with Crippen molar-refractivity contribution < 1.29 is 0 Å². The zero-order valence-corrected chi connectivity index (χ0v) is 10.4. The Morgan fingerprint density at radius 2 is 1.83 bits per heavy atom. The van der Waals surface area contributed by atoms with E-state index in [1.807, 2.05) is 48.7 Å². The zero-order chi connectivity index (χ0) is 12.5. The van der Waals surface area contributed by atoms with Gasteiger partial charge in [0, 0.05) is 27.9 Å². The van der Waals surface area contributed by atoms with Gasteiger partial charge in [0.1, 0.15) is 0 Å². The van der Waals surface area contributed by atoms with Gasteiger partial charge in [-0.15, -0.1) is 0 Å². The number of hydrogen-bond acceptors (Lipinski definition) is 2. The normalized spacial score (nSPS) is 10.7. The molecule has 2 N–H and O–H groups in total. The molecule has 3 heteroatoms. The van der Waals surface area contributed by atoms with E-state index < -0.39 is 0 Å². The molecular weight excluding hydrogens is 244 g/mol. The number of benzene rings is 2. The standard InChI is InChI=1S/C15H11ClN2/c16-13-3-1-2-10(7-13)12-6-11-8-14(17)4-5-15(11)18-9-12/h1-9H,17H2. The Labute approximate surface area is 110 Å². The zero-order valence-electron chi connectivity index (χ0n) is 9.60. The highest BCUT2D eigenvalue weighted by molar-refractivity contribution is 6.30. The smallest absolute Gasteiger partial charge is 0.0703 e. The molecule has 0 aliphatic rings. The summed E-state index contributed by atoms with van der Waals surface area (Å²) < 4.78 is 0. The van der Waals surface area contributed by atoms with Crippen LogP contribution in [0.5, 0.6) is 0 Å². The van der Waals surface area contributed by atoms with E-state index in [4.69, 9.17) is 17.3 Å². The monoisotopic (exact) mass is 254 g/mol. The lowest BCUT2D eigenvalue weighted by atomic mass is 10.1. The number of nitrogen functional groups attached to an aromatic ring is 1. The fraction of sp³-hybridized carbons (Fsp3) is 0. The number of halogens is 1. The molecule has 18 heavy (non-hydrogen) atoms. The van der Waals surface area contributed by atoms with Crippen molar-refractivity contribution in [3.8, 4) is 11.1 Å². The van der Waals surface area contributed by atoms with E-state index in [0.717, 1.165) is 32.7 Å². The van der Waals surface area contributed by atoms with Crippen molar-refractivity contribution in [2.24, 2.45) is 0 Å². The second-order valence-electron chi connectivity index (χ2n) is 4.19. The van der Waals surface area contributed by atoms with Crippen LogP contribution in [0, 0.1) is 0 Å². The number of anilines is 1. The number of fused-ring (bicyclic) bond motifs is 1. The van der Waals surface area contributed by atoms with Gasteiger partial charge in [-0.25, -0.2) is 0 Å². The van der Waals surface area contributed by atoms with Crippen LogP contribution in [0.3, 0.4) is 0 Å². The third-order valence-corrected chi connectivity index (χ3v) is 3.10. The van der Waals surface area contributed by atoms with Crippen LogP contribution in [0.15, 0.2) is 54.7 Å². The summed E-state index contributed by atoms with van der Waals surface area (Å²) in [7, 11) is 0. The van der Waals surface area contributed by atoms with Crippen molar-refractivity contribution in [1.29, 1.82) is 0 Å². The molecule has 1 aromatic heterocycles. The molecule has 0 saturated carbocycles. The number of hydrogen-bond donors (Lipinski definition) is 1. The molecule has 0 spiro atoms. The Morgan fingerprint density at radius 1 is 0.944 bits per heavy atom. The SMILES string of the molecule is Nc1ccc2ncc(-c3cccc(Cl)c3)cc2c1. The Hall–Kier alpha value is -2.06. The van der Waals surface area contributed by atoms with E-state index in [2.05, 4.69) is 11.1 Å². The van der Waals surface area contributed by atoms with Crippen LogP contribution >= 0.6 is 11.6 Å². The highest BCUT2D eigenvalue weighted by Crippen LogP contribution is 2.25. The molecule has 0 aliphatic heterocycles. The fourth-order valence-corrected chi connectivity index (χ4v) is 2.17. The van der Waals surface area contributed by atoms with Crippen molar-refractivity contribution in [1.82, 2.24) is 4.98 Å². The van der Waals surface area contributed by atoms with Gasteiger partial charge in [0.05, 0.1) is 5.52 Å². The van der Waals surface area contributed by atoms with Crippen LogP contribution < -0.4 is 5.73 Å². The molecule has 0 amide bonds. The van der Waals surface area contributed by atoms with Gasteiger partial charge in [-0.05, 0) is 42.0 Å². The van der Waals surface area contributed by atoms with Crippen molar-refractivity contribution in [3.63, 3.8) is 0 Å². The van der Waals surface area contributed by atoms with Crippen LogP contribution in [0.25, 0.3) is 22.0 Å². The first kappa shape index (κ1) is 11.1. The molecule has 1 heterocycles. The largest absolute Gasteiger partial charge is 0.399 e. The van der Waals surface area contributed by atoms with E-state index in [1.165, 1.54) is 0 Å². The van der Waals surface area contributed by atoms with E-state index in [-0.39, 0.29) is 0 Å². The summed E-state index contributed by atoms with van der Waals surface area (Å²) in [6.45, 7) is 0. The van der Waals surface area contributed by atoms with Gasteiger partial charge >= 0.3 is 0 Å². The van der Waals surface area contributed by atoms with Gasteiger partial charge in [-0.1, -0.05) is 23.7 Å². The molecule has 0 radical (unpaired) electrons. The van der Waals surface area contributed by atoms with Crippen molar-refractivity contribution in [3.05, 3.63) is 59.8 Å². The van der Waals surface area contributed by atoms with Gasteiger partial charge in [-0.3, -0.25) is 4.98 Å². The molecule has 0 fully saturated rings. The fourth-order valence-electron chi connectivity index (χ4n) is 1.98. The molecule has 2 nitrogen and oxygen atoms in total. The summed E-state index contributed by atoms with van der Waals surface area (Å²) in [5.41, 5.74) is 9.56. The molecule has 0 bridgehead atoms. The minimum atomic E-state index is 0.722. The molecule has 2 aromatic carbocycles. The highest BCUT2D eigenvalue weighted by Gasteiger charge is 2.02. The van der Waals surface area contributed by atoms with Gasteiger partial charge in [0.2, 0.25) is 0 Å². The molecule has 0 atom stereocenters. The minimum Gasteiger partial charge on any atom is -0.399 e.